The Labute approximate surface area is 109 Å². The molecule has 1 unspecified atom stereocenters. The summed E-state index contributed by atoms with van der Waals surface area (Å²) in [6.45, 7) is 5.00. The van der Waals surface area contributed by atoms with Crippen LogP contribution in [-0.2, 0) is 4.79 Å². The van der Waals surface area contributed by atoms with Crippen LogP contribution in [0.3, 0.4) is 0 Å². The van der Waals surface area contributed by atoms with Gasteiger partial charge < -0.3 is 15.8 Å². The zero-order valence-electron chi connectivity index (χ0n) is 11.3. The molecule has 3 N–H and O–H groups in total. The summed E-state index contributed by atoms with van der Waals surface area (Å²) in [5, 5.41) is 2.85. The van der Waals surface area contributed by atoms with Crippen LogP contribution < -0.4 is 15.8 Å². The normalized spacial score (nSPS) is 12.0. The molecule has 0 fully saturated rings. The number of likely N-dealkylation sites (N-methyl/N-ethyl adjacent to an activating group) is 1. The molecule has 4 heteroatoms. The van der Waals surface area contributed by atoms with Gasteiger partial charge in [-0.25, -0.2) is 0 Å². The van der Waals surface area contributed by atoms with E-state index in [4.69, 9.17) is 10.5 Å². The van der Waals surface area contributed by atoms with Crippen LogP contribution in [0.25, 0.3) is 0 Å². The Morgan fingerprint density at radius 3 is 2.78 bits per heavy atom. The standard InChI is InChI=1S/C14H22N2O2/c1-4-16-14(17)11(7-8-15)12-9-10(2)5-6-13(12)18-3/h5-6,9,11H,4,7-8,15H2,1-3H3,(H,16,17). The number of carbonyl (C=O) groups is 1. The van der Waals surface area contributed by atoms with E-state index in [1.807, 2.05) is 32.0 Å². The molecule has 0 aromatic heterocycles. The summed E-state index contributed by atoms with van der Waals surface area (Å²) in [7, 11) is 1.62. The summed E-state index contributed by atoms with van der Waals surface area (Å²) in [6.07, 6.45) is 0.617. The molecule has 0 saturated heterocycles. The first-order valence-corrected chi connectivity index (χ1v) is 6.26. The first-order valence-electron chi connectivity index (χ1n) is 6.26. The Hall–Kier alpha value is -1.55. The van der Waals surface area contributed by atoms with E-state index >= 15 is 0 Å². The van der Waals surface area contributed by atoms with Gasteiger partial charge in [0.1, 0.15) is 5.75 Å². The van der Waals surface area contributed by atoms with Crippen molar-refractivity contribution in [2.45, 2.75) is 26.2 Å². The highest BCUT2D eigenvalue weighted by Crippen LogP contribution is 2.30. The first-order chi connectivity index (χ1) is 8.63. The van der Waals surface area contributed by atoms with Crippen LogP contribution >= 0.6 is 0 Å². The van der Waals surface area contributed by atoms with Crippen molar-refractivity contribution in [1.29, 1.82) is 0 Å². The topological polar surface area (TPSA) is 64.4 Å². The minimum absolute atomic E-state index is 0.00634. The van der Waals surface area contributed by atoms with E-state index in [-0.39, 0.29) is 11.8 Å². The van der Waals surface area contributed by atoms with Crippen molar-refractivity contribution in [3.63, 3.8) is 0 Å². The number of nitrogens with one attached hydrogen (secondary N) is 1. The van der Waals surface area contributed by atoms with E-state index in [0.29, 0.717) is 19.5 Å². The van der Waals surface area contributed by atoms with Gasteiger partial charge in [-0.2, -0.15) is 0 Å². The average molecular weight is 250 g/mol. The lowest BCUT2D eigenvalue weighted by atomic mass is 9.92. The van der Waals surface area contributed by atoms with Crippen molar-refractivity contribution in [2.75, 3.05) is 20.2 Å². The van der Waals surface area contributed by atoms with E-state index in [9.17, 15) is 4.79 Å². The largest absolute Gasteiger partial charge is 0.496 e. The summed E-state index contributed by atoms with van der Waals surface area (Å²) >= 11 is 0. The third kappa shape index (κ3) is 3.47. The van der Waals surface area contributed by atoms with Gasteiger partial charge in [-0.3, -0.25) is 4.79 Å². The SMILES string of the molecule is CCNC(=O)C(CCN)c1cc(C)ccc1OC. The maximum absolute atomic E-state index is 12.1. The van der Waals surface area contributed by atoms with Crippen molar-refractivity contribution >= 4 is 5.91 Å². The van der Waals surface area contributed by atoms with Crippen LogP contribution in [0.15, 0.2) is 18.2 Å². The van der Waals surface area contributed by atoms with Crippen LogP contribution in [0.2, 0.25) is 0 Å². The second kappa shape index (κ2) is 7.01. The van der Waals surface area contributed by atoms with Crippen molar-refractivity contribution in [3.8, 4) is 5.75 Å². The van der Waals surface area contributed by atoms with Crippen molar-refractivity contribution in [1.82, 2.24) is 5.32 Å². The van der Waals surface area contributed by atoms with E-state index in [2.05, 4.69) is 5.32 Å². The molecule has 0 aliphatic carbocycles. The molecule has 1 atom stereocenters. The highest BCUT2D eigenvalue weighted by Gasteiger charge is 2.22. The third-order valence-electron chi connectivity index (χ3n) is 2.88. The van der Waals surface area contributed by atoms with Crippen LogP contribution in [-0.4, -0.2) is 26.1 Å². The van der Waals surface area contributed by atoms with Crippen LogP contribution in [0.1, 0.15) is 30.4 Å². The smallest absolute Gasteiger partial charge is 0.227 e. The van der Waals surface area contributed by atoms with Gasteiger partial charge >= 0.3 is 0 Å². The zero-order valence-corrected chi connectivity index (χ0v) is 11.3. The lowest BCUT2D eigenvalue weighted by molar-refractivity contribution is -0.122. The first kappa shape index (κ1) is 14.5. The minimum atomic E-state index is -0.246. The Morgan fingerprint density at radius 1 is 1.50 bits per heavy atom. The molecule has 1 amide bonds. The molecule has 4 nitrogen and oxygen atoms in total. The molecule has 0 radical (unpaired) electrons. The summed E-state index contributed by atoms with van der Waals surface area (Å²) in [4.78, 5) is 12.1. The van der Waals surface area contributed by atoms with Gasteiger partial charge in [-0.1, -0.05) is 17.7 Å². The van der Waals surface area contributed by atoms with Gasteiger partial charge in [-0.15, -0.1) is 0 Å². The van der Waals surface area contributed by atoms with Gasteiger partial charge in [0.2, 0.25) is 5.91 Å². The maximum Gasteiger partial charge on any atom is 0.227 e. The van der Waals surface area contributed by atoms with Crippen molar-refractivity contribution < 1.29 is 9.53 Å². The molecule has 0 aliphatic heterocycles. The van der Waals surface area contributed by atoms with Crippen LogP contribution in [0.4, 0.5) is 0 Å². The molecule has 0 aliphatic rings. The van der Waals surface area contributed by atoms with Gasteiger partial charge in [-0.05, 0) is 32.9 Å². The number of aryl methyl sites for hydroxylation is 1. The number of nitrogens with two attached hydrogens (primary N) is 1. The third-order valence-corrected chi connectivity index (χ3v) is 2.88. The van der Waals surface area contributed by atoms with E-state index in [1.165, 1.54) is 0 Å². The van der Waals surface area contributed by atoms with Crippen LogP contribution in [0.5, 0.6) is 5.75 Å². The fourth-order valence-electron chi connectivity index (χ4n) is 2.02. The van der Waals surface area contributed by atoms with Gasteiger partial charge in [0, 0.05) is 12.1 Å². The molecule has 18 heavy (non-hydrogen) atoms. The molecular weight excluding hydrogens is 228 g/mol. The second-order valence-corrected chi connectivity index (χ2v) is 4.27. The summed E-state index contributed by atoms with van der Waals surface area (Å²) in [5.41, 5.74) is 7.63. The molecule has 1 rings (SSSR count). The van der Waals surface area contributed by atoms with Gasteiger partial charge in [0.25, 0.3) is 0 Å². The molecule has 0 saturated carbocycles. The van der Waals surface area contributed by atoms with Crippen molar-refractivity contribution in [2.24, 2.45) is 5.73 Å². The molecule has 0 bridgehead atoms. The fourth-order valence-corrected chi connectivity index (χ4v) is 2.02. The number of hydrogen-bond donors (Lipinski definition) is 2. The van der Waals surface area contributed by atoms with E-state index < -0.39 is 0 Å². The molecule has 0 spiro atoms. The number of amides is 1. The highest BCUT2D eigenvalue weighted by molar-refractivity contribution is 5.84. The quantitative estimate of drug-likeness (QED) is 0.805. The molecular formula is C14H22N2O2. The van der Waals surface area contributed by atoms with Crippen LogP contribution in [0, 0.1) is 6.92 Å². The highest BCUT2D eigenvalue weighted by atomic mass is 16.5. The molecule has 0 heterocycles. The van der Waals surface area contributed by atoms with E-state index in [1.54, 1.807) is 7.11 Å². The molecule has 1 aromatic carbocycles. The molecule has 1 aromatic rings. The predicted octanol–water partition coefficient (Wildman–Crippen LogP) is 1.57. The minimum Gasteiger partial charge on any atom is -0.496 e. The average Bonchev–Trinajstić information content (AvgIpc) is 2.36. The summed E-state index contributed by atoms with van der Waals surface area (Å²) in [6, 6.07) is 5.86. The number of ether oxygens (including phenoxy) is 1. The monoisotopic (exact) mass is 250 g/mol. The number of rotatable bonds is 6. The number of methoxy groups -OCH3 is 1. The Morgan fingerprint density at radius 2 is 2.22 bits per heavy atom. The maximum atomic E-state index is 12.1. The summed E-state index contributed by atoms with van der Waals surface area (Å²) in [5.74, 6) is 0.502. The predicted molar refractivity (Wildman–Crippen MR) is 72.8 cm³/mol. The lowest BCUT2D eigenvalue weighted by Gasteiger charge is -2.19. The van der Waals surface area contributed by atoms with E-state index in [0.717, 1.165) is 16.9 Å². The second-order valence-electron chi connectivity index (χ2n) is 4.27. The summed E-state index contributed by atoms with van der Waals surface area (Å²) < 4.78 is 5.34. The number of hydrogen-bond acceptors (Lipinski definition) is 3. The van der Waals surface area contributed by atoms with Gasteiger partial charge in [0.15, 0.2) is 0 Å². The van der Waals surface area contributed by atoms with Gasteiger partial charge in [0.05, 0.1) is 13.0 Å². The number of carbonyl (C=O) groups excluding carboxylic acids is 1. The Bertz CT molecular complexity index is 405. The number of benzene rings is 1. The Balaban J connectivity index is 3.11. The zero-order chi connectivity index (χ0) is 13.5. The Kier molecular flexibility index (Phi) is 5.65. The fraction of sp³-hybridized carbons (Fsp3) is 0.500. The van der Waals surface area contributed by atoms with Crippen molar-refractivity contribution in [3.05, 3.63) is 29.3 Å². The lowest BCUT2D eigenvalue weighted by Crippen LogP contribution is -2.30. The molecule has 100 valence electrons.